The highest BCUT2D eigenvalue weighted by Crippen LogP contribution is 2.26. The molecule has 1 heterocycles. The van der Waals surface area contributed by atoms with Crippen molar-refractivity contribution in [2.24, 2.45) is 0 Å². The Balaban J connectivity index is 1.62. The van der Waals surface area contributed by atoms with Gasteiger partial charge < -0.3 is 15.5 Å². The zero-order chi connectivity index (χ0) is 28.7. The molecule has 3 rings (SSSR count). The fourth-order valence-corrected chi connectivity index (χ4v) is 4.98. The number of unbranched alkanes of at least 4 members (excludes halogenated alkanes) is 2. The van der Waals surface area contributed by atoms with Gasteiger partial charge in [0.2, 0.25) is 17.7 Å². The first kappa shape index (κ1) is 30.7. The predicted octanol–water partition coefficient (Wildman–Crippen LogP) is 5.84. The number of hydrogen-bond acceptors (Lipinski definition) is 3. The van der Waals surface area contributed by atoms with E-state index in [0.717, 1.165) is 67.3 Å². The molecule has 0 saturated heterocycles. The number of nitrogens with one attached hydrogen (secondary N) is 2. The van der Waals surface area contributed by atoms with Crippen molar-refractivity contribution in [1.29, 1.82) is 0 Å². The van der Waals surface area contributed by atoms with E-state index < -0.39 is 0 Å². The first-order valence-corrected chi connectivity index (χ1v) is 14.5. The van der Waals surface area contributed by atoms with Crippen LogP contribution in [-0.2, 0) is 27.3 Å². The van der Waals surface area contributed by atoms with Gasteiger partial charge in [-0.05, 0) is 62.3 Å². The Bertz CT molecular complexity index is 1240. The number of rotatable bonds is 14. The Kier molecular flexibility index (Phi) is 12.5. The smallest absolute Gasteiger partial charge is 0.227 e. The van der Waals surface area contributed by atoms with Gasteiger partial charge in [-0.2, -0.15) is 0 Å². The van der Waals surface area contributed by atoms with Crippen molar-refractivity contribution in [3.8, 4) is 11.8 Å². The van der Waals surface area contributed by atoms with Gasteiger partial charge in [0.25, 0.3) is 0 Å². The fraction of sp³-hybridized carbons (Fsp3) is 0.441. The molecule has 1 atom stereocenters. The SMILES string of the molecule is C=C(C)CCCCC(CCCCC(=O)NC)NC(=O)CCC(=O)N1Cc2ccccc2C#CCc2ccccc21. The summed E-state index contributed by atoms with van der Waals surface area (Å²) in [6.07, 6.45) is 7.68. The second-order valence-electron chi connectivity index (χ2n) is 10.6. The van der Waals surface area contributed by atoms with Crippen LogP contribution in [0, 0.1) is 11.8 Å². The Labute approximate surface area is 239 Å². The molecule has 6 nitrogen and oxygen atoms in total. The van der Waals surface area contributed by atoms with Crippen LogP contribution in [0.4, 0.5) is 5.69 Å². The zero-order valence-corrected chi connectivity index (χ0v) is 24.1. The molecule has 2 aromatic carbocycles. The minimum absolute atomic E-state index is 0.0346. The lowest BCUT2D eigenvalue weighted by Gasteiger charge is -2.25. The average molecular weight is 542 g/mol. The number of allylic oxidation sites excluding steroid dienone is 1. The van der Waals surface area contributed by atoms with E-state index in [0.29, 0.717) is 19.4 Å². The summed E-state index contributed by atoms with van der Waals surface area (Å²) < 4.78 is 0. The molecule has 2 N–H and O–H groups in total. The molecule has 0 bridgehead atoms. The predicted molar refractivity (Wildman–Crippen MR) is 162 cm³/mol. The van der Waals surface area contributed by atoms with Gasteiger partial charge in [-0.25, -0.2) is 0 Å². The van der Waals surface area contributed by atoms with E-state index in [-0.39, 0.29) is 36.6 Å². The maximum atomic E-state index is 13.6. The van der Waals surface area contributed by atoms with Crippen LogP contribution in [-0.4, -0.2) is 30.8 Å². The van der Waals surface area contributed by atoms with Crippen LogP contribution >= 0.6 is 0 Å². The van der Waals surface area contributed by atoms with Gasteiger partial charge in [0.15, 0.2) is 0 Å². The number of hydrogen-bond donors (Lipinski definition) is 2. The molecule has 6 heteroatoms. The molecule has 0 fully saturated rings. The second kappa shape index (κ2) is 16.3. The van der Waals surface area contributed by atoms with Crippen LogP contribution in [0.15, 0.2) is 60.7 Å². The number of fused-ring (bicyclic) bond motifs is 2. The van der Waals surface area contributed by atoms with Gasteiger partial charge in [-0.15, -0.1) is 6.58 Å². The summed E-state index contributed by atoms with van der Waals surface area (Å²) in [4.78, 5) is 39.9. The lowest BCUT2D eigenvalue weighted by Crippen LogP contribution is -2.37. The van der Waals surface area contributed by atoms with Gasteiger partial charge >= 0.3 is 0 Å². The van der Waals surface area contributed by atoms with Gasteiger partial charge in [-0.3, -0.25) is 14.4 Å². The summed E-state index contributed by atoms with van der Waals surface area (Å²) in [5.41, 5.74) is 4.95. The number of anilines is 1. The minimum Gasteiger partial charge on any atom is -0.359 e. The summed E-state index contributed by atoms with van der Waals surface area (Å²) in [5.74, 6) is 6.36. The molecule has 0 radical (unpaired) electrons. The van der Waals surface area contributed by atoms with E-state index in [1.165, 1.54) is 5.57 Å². The normalized spacial score (nSPS) is 12.8. The Morgan fingerprint density at radius 2 is 1.55 bits per heavy atom. The topological polar surface area (TPSA) is 78.5 Å². The molecule has 0 saturated carbocycles. The molecule has 1 aliphatic heterocycles. The van der Waals surface area contributed by atoms with E-state index in [2.05, 4.69) is 29.1 Å². The van der Waals surface area contributed by atoms with E-state index in [1.807, 2.05) is 55.5 Å². The highest BCUT2D eigenvalue weighted by atomic mass is 16.2. The lowest BCUT2D eigenvalue weighted by molar-refractivity contribution is -0.125. The molecule has 0 aromatic heterocycles. The molecule has 1 aliphatic rings. The molecular formula is C34H43N3O3. The van der Waals surface area contributed by atoms with E-state index in [4.69, 9.17) is 0 Å². The number of benzene rings is 2. The van der Waals surface area contributed by atoms with Crippen LogP contribution in [0.25, 0.3) is 0 Å². The van der Waals surface area contributed by atoms with Crippen LogP contribution < -0.4 is 15.5 Å². The fourth-order valence-electron chi connectivity index (χ4n) is 4.98. The first-order chi connectivity index (χ1) is 19.4. The number of carbonyl (C=O) groups excluding carboxylic acids is 3. The third-order valence-corrected chi connectivity index (χ3v) is 7.25. The van der Waals surface area contributed by atoms with E-state index in [1.54, 1.807) is 11.9 Å². The number of nitrogens with zero attached hydrogens (tertiary/aromatic N) is 1. The van der Waals surface area contributed by atoms with Gasteiger partial charge in [-0.1, -0.05) is 66.7 Å². The molecule has 0 spiro atoms. The van der Waals surface area contributed by atoms with Crippen molar-refractivity contribution in [3.05, 3.63) is 77.4 Å². The average Bonchev–Trinajstić information content (AvgIpc) is 3.03. The summed E-state index contributed by atoms with van der Waals surface area (Å²) in [6.45, 7) is 6.43. The molecule has 1 unspecified atom stereocenters. The van der Waals surface area contributed by atoms with Crippen molar-refractivity contribution >= 4 is 23.4 Å². The zero-order valence-electron chi connectivity index (χ0n) is 24.1. The Hall–Kier alpha value is -3.85. The van der Waals surface area contributed by atoms with Crippen LogP contribution in [0.2, 0.25) is 0 Å². The van der Waals surface area contributed by atoms with Gasteiger partial charge in [0.05, 0.1) is 6.54 Å². The molecule has 0 aliphatic carbocycles. The van der Waals surface area contributed by atoms with Crippen LogP contribution in [0.5, 0.6) is 0 Å². The van der Waals surface area contributed by atoms with Gasteiger partial charge in [0, 0.05) is 50.0 Å². The maximum Gasteiger partial charge on any atom is 0.227 e. The quantitative estimate of drug-likeness (QED) is 0.179. The standard InChI is InChI=1S/C34H43N3O3/c1-26(2)13-4-8-19-30(20-9-11-22-32(38)35-3)36-33(39)23-24-34(40)37-25-29-16-6-5-14-27(29)17-12-18-28-15-7-10-21-31(28)37/h5-7,10,14-16,21,30H,1,4,8-9,11,13,18-20,22-25H2,2-3H3,(H,35,38)(H,36,39). The second-order valence-corrected chi connectivity index (χ2v) is 10.6. The summed E-state index contributed by atoms with van der Waals surface area (Å²) in [5, 5.41) is 5.84. The first-order valence-electron chi connectivity index (χ1n) is 14.5. The summed E-state index contributed by atoms with van der Waals surface area (Å²) in [7, 11) is 1.65. The summed E-state index contributed by atoms with van der Waals surface area (Å²) >= 11 is 0. The van der Waals surface area contributed by atoms with Crippen molar-refractivity contribution < 1.29 is 14.4 Å². The molecule has 2 aromatic rings. The molecule has 212 valence electrons. The molecule has 40 heavy (non-hydrogen) atoms. The van der Waals surface area contributed by atoms with Crippen molar-refractivity contribution in [2.45, 2.75) is 90.1 Å². The largest absolute Gasteiger partial charge is 0.359 e. The van der Waals surface area contributed by atoms with Crippen molar-refractivity contribution in [1.82, 2.24) is 10.6 Å². The molecular weight excluding hydrogens is 498 g/mol. The van der Waals surface area contributed by atoms with Gasteiger partial charge in [0.1, 0.15) is 0 Å². The third-order valence-electron chi connectivity index (χ3n) is 7.25. The van der Waals surface area contributed by atoms with Crippen LogP contribution in [0.1, 0.15) is 87.8 Å². The number of carbonyl (C=O) groups is 3. The number of para-hydroxylation sites is 1. The van der Waals surface area contributed by atoms with Crippen LogP contribution in [0.3, 0.4) is 0 Å². The highest BCUT2D eigenvalue weighted by Gasteiger charge is 2.22. The van der Waals surface area contributed by atoms with Crippen molar-refractivity contribution in [3.63, 3.8) is 0 Å². The van der Waals surface area contributed by atoms with E-state index in [9.17, 15) is 14.4 Å². The van der Waals surface area contributed by atoms with E-state index >= 15 is 0 Å². The Morgan fingerprint density at radius 3 is 2.27 bits per heavy atom. The monoisotopic (exact) mass is 541 g/mol. The lowest BCUT2D eigenvalue weighted by atomic mass is 10.0. The molecule has 3 amide bonds. The maximum absolute atomic E-state index is 13.6. The van der Waals surface area contributed by atoms with Crippen molar-refractivity contribution in [2.75, 3.05) is 11.9 Å². The Morgan fingerprint density at radius 1 is 0.875 bits per heavy atom. The number of amides is 3. The minimum atomic E-state index is -0.106. The third kappa shape index (κ3) is 10.0. The highest BCUT2D eigenvalue weighted by molar-refractivity contribution is 5.96. The summed E-state index contributed by atoms with van der Waals surface area (Å²) in [6, 6.07) is 15.8.